The van der Waals surface area contributed by atoms with Gasteiger partial charge in [0.1, 0.15) is 23.0 Å². The van der Waals surface area contributed by atoms with E-state index in [9.17, 15) is 0 Å². The first-order valence-electron chi connectivity index (χ1n) is 4.27. The average Bonchev–Trinajstić information content (AvgIpc) is 2.17. The van der Waals surface area contributed by atoms with Crippen molar-refractivity contribution in [2.45, 2.75) is 25.4 Å². The van der Waals surface area contributed by atoms with E-state index in [2.05, 4.69) is 24.3 Å². The van der Waals surface area contributed by atoms with Gasteiger partial charge in [-0.3, -0.25) is 0 Å². The maximum atomic E-state index is 5.39. The van der Waals surface area contributed by atoms with Crippen LogP contribution in [0.3, 0.4) is 0 Å². The minimum Gasteiger partial charge on any atom is -0.308 e. The van der Waals surface area contributed by atoms with E-state index in [0.29, 0.717) is 6.10 Å². The highest BCUT2D eigenvalue weighted by Crippen LogP contribution is 2.33. The number of aryl methyl sites for hydroxylation is 1. The lowest BCUT2D eigenvalue weighted by Crippen LogP contribution is -2.08. The van der Waals surface area contributed by atoms with Gasteiger partial charge in [-0.05, 0) is 30.4 Å². The molecule has 1 aliphatic carbocycles. The summed E-state index contributed by atoms with van der Waals surface area (Å²) in [5.41, 5.74) is 2.85. The topological polar surface area (TPSA) is 9.23 Å². The molecular formula is C10H11IO. The third-order valence-corrected chi connectivity index (χ3v) is 3.04. The lowest BCUT2D eigenvalue weighted by molar-refractivity contribution is 0.257. The van der Waals surface area contributed by atoms with E-state index in [1.165, 1.54) is 30.4 Å². The van der Waals surface area contributed by atoms with Gasteiger partial charge in [-0.25, -0.2) is 0 Å². The van der Waals surface area contributed by atoms with E-state index < -0.39 is 0 Å². The summed E-state index contributed by atoms with van der Waals surface area (Å²) in [7, 11) is 0. The molecule has 2 rings (SSSR count). The molecule has 1 atom stereocenters. The van der Waals surface area contributed by atoms with Crippen molar-refractivity contribution < 1.29 is 3.07 Å². The summed E-state index contributed by atoms with van der Waals surface area (Å²) < 4.78 is 5.39. The van der Waals surface area contributed by atoms with Crippen LogP contribution in [0.25, 0.3) is 0 Å². The van der Waals surface area contributed by atoms with Crippen LogP contribution in [0.15, 0.2) is 24.3 Å². The maximum absolute atomic E-state index is 5.39. The van der Waals surface area contributed by atoms with Gasteiger partial charge in [0.15, 0.2) is 0 Å². The summed E-state index contributed by atoms with van der Waals surface area (Å²) in [5.74, 6) is 0. The molecule has 12 heavy (non-hydrogen) atoms. The van der Waals surface area contributed by atoms with Crippen LogP contribution in [-0.4, -0.2) is 0 Å². The molecule has 0 aromatic heterocycles. The Hall–Kier alpha value is -0.0900. The Kier molecular flexibility index (Phi) is 2.66. The molecule has 0 N–H and O–H groups in total. The Morgan fingerprint density at radius 3 is 3.00 bits per heavy atom. The Bertz CT molecular complexity index is 272. The average molecular weight is 274 g/mol. The van der Waals surface area contributed by atoms with E-state index >= 15 is 0 Å². The summed E-state index contributed by atoms with van der Waals surface area (Å²) in [5, 5.41) is 0. The number of hydrogen-bond acceptors (Lipinski definition) is 1. The monoisotopic (exact) mass is 274 g/mol. The second-order valence-corrected chi connectivity index (χ2v) is 3.68. The van der Waals surface area contributed by atoms with Gasteiger partial charge < -0.3 is 3.07 Å². The number of halogens is 1. The van der Waals surface area contributed by atoms with Crippen molar-refractivity contribution in [2.24, 2.45) is 0 Å². The van der Waals surface area contributed by atoms with Crippen molar-refractivity contribution in [3.63, 3.8) is 0 Å². The largest absolute Gasteiger partial charge is 0.308 e. The van der Waals surface area contributed by atoms with Crippen molar-refractivity contribution in [3.8, 4) is 0 Å². The minimum absolute atomic E-state index is 0.329. The van der Waals surface area contributed by atoms with E-state index in [-0.39, 0.29) is 0 Å². The van der Waals surface area contributed by atoms with E-state index in [0.717, 1.165) is 0 Å². The summed E-state index contributed by atoms with van der Waals surface area (Å²) in [6.45, 7) is 0. The Balaban J connectivity index is 2.37. The van der Waals surface area contributed by atoms with Gasteiger partial charge in [0.2, 0.25) is 0 Å². The van der Waals surface area contributed by atoms with Gasteiger partial charge >= 0.3 is 0 Å². The molecule has 1 aliphatic rings. The Morgan fingerprint density at radius 1 is 1.33 bits per heavy atom. The normalized spacial score (nSPS) is 21.9. The zero-order chi connectivity index (χ0) is 8.39. The SMILES string of the molecule is IOC1CCCc2ccccc21. The lowest BCUT2D eigenvalue weighted by atomic mass is 9.90. The number of fused-ring (bicyclic) bond motifs is 1. The van der Waals surface area contributed by atoms with E-state index in [1.54, 1.807) is 0 Å². The smallest absolute Gasteiger partial charge is 0.110 e. The summed E-state index contributed by atoms with van der Waals surface area (Å²) in [4.78, 5) is 0. The first-order valence-corrected chi connectivity index (χ1v) is 5.15. The first-order chi connectivity index (χ1) is 5.92. The fourth-order valence-electron chi connectivity index (χ4n) is 1.80. The summed E-state index contributed by atoms with van der Waals surface area (Å²) in [6.07, 6.45) is 3.97. The molecule has 0 spiro atoms. The van der Waals surface area contributed by atoms with Crippen molar-refractivity contribution in [3.05, 3.63) is 35.4 Å². The predicted molar refractivity (Wildman–Crippen MR) is 57.2 cm³/mol. The molecule has 1 unspecified atom stereocenters. The van der Waals surface area contributed by atoms with Gasteiger partial charge in [0.25, 0.3) is 0 Å². The van der Waals surface area contributed by atoms with Crippen LogP contribution >= 0.6 is 23.0 Å². The standard InChI is InChI=1S/C10H11IO/c11-12-10-7-3-5-8-4-1-2-6-9(8)10/h1-2,4,6,10H,3,5,7H2. The molecule has 0 amide bonds. The molecule has 2 heteroatoms. The number of benzene rings is 1. The fraction of sp³-hybridized carbons (Fsp3) is 0.400. The van der Waals surface area contributed by atoms with Crippen molar-refractivity contribution in [1.82, 2.24) is 0 Å². The van der Waals surface area contributed by atoms with E-state index in [1.807, 2.05) is 23.0 Å². The van der Waals surface area contributed by atoms with Crippen LogP contribution in [0.2, 0.25) is 0 Å². The molecule has 0 saturated carbocycles. The molecule has 1 aromatic carbocycles. The van der Waals surface area contributed by atoms with Gasteiger partial charge in [-0.1, -0.05) is 24.3 Å². The molecule has 1 nitrogen and oxygen atoms in total. The zero-order valence-corrected chi connectivity index (χ0v) is 8.95. The second-order valence-electron chi connectivity index (χ2n) is 3.17. The second kappa shape index (κ2) is 3.75. The zero-order valence-electron chi connectivity index (χ0n) is 6.79. The van der Waals surface area contributed by atoms with Crippen LogP contribution < -0.4 is 0 Å². The molecule has 0 aliphatic heterocycles. The van der Waals surface area contributed by atoms with Crippen LogP contribution in [0.4, 0.5) is 0 Å². The highest BCUT2D eigenvalue weighted by molar-refractivity contribution is 14.1. The quantitative estimate of drug-likeness (QED) is 0.713. The highest BCUT2D eigenvalue weighted by Gasteiger charge is 2.19. The van der Waals surface area contributed by atoms with Crippen molar-refractivity contribution >= 4 is 23.0 Å². The maximum Gasteiger partial charge on any atom is 0.110 e. The van der Waals surface area contributed by atoms with Crippen molar-refractivity contribution in [2.75, 3.05) is 0 Å². The van der Waals surface area contributed by atoms with E-state index in [4.69, 9.17) is 3.07 Å². The Labute approximate surface area is 86.8 Å². The van der Waals surface area contributed by atoms with Gasteiger partial charge in [0.05, 0.1) is 6.10 Å². The number of hydrogen-bond donors (Lipinski definition) is 0. The molecule has 0 saturated heterocycles. The molecule has 0 fully saturated rings. The lowest BCUT2D eigenvalue weighted by Gasteiger charge is -2.22. The third-order valence-electron chi connectivity index (χ3n) is 2.42. The van der Waals surface area contributed by atoms with Crippen LogP contribution in [0, 0.1) is 0 Å². The molecule has 0 bridgehead atoms. The predicted octanol–water partition coefficient (Wildman–Crippen LogP) is 3.43. The van der Waals surface area contributed by atoms with Crippen LogP contribution in [0.1, 0.15) is 30.1 Å². The van der Waals surface area contributed by atoms with Gasteiger partial charge in [-0.2, -0.15) is 0 Å². The molecular weight excluding hydrogens is 263 g/mol. The summed E-state index contributed by atoms with van der Waals surface area (Å²) in [6, 6.07) is 8.58. The molecule has 0 radical (unpaired) electrons. The molecule has 1 aromatic rings. The van der Waals surface area contributed by atoms with Gasteiger partial charge in [0, 0.05) is 0 Å². The van der Waals surface area contributed by atoms with Crippen LogP contribution in [0.5, 0.6) is 0 Å². The fourth-order valence-corrected chi connectivity index (χ4v) is 2.33. The highest BCUT2D eigenvalue weighted by atomic mass is 127. The number of rotatable bonds is 1. The Morgan fingerprint density at radius 2 is 2.17 bits per heavy atom. The van der Waals surface area contributed by atoms with Crippen molar-refractivity contribution in [1.29, 1.82) is 0 Å². The molecule has 64 valence electrons. The van der Waals surface area contributed by atoms with Gasteiger partial charge in [-0.15, -0.1) is 0 Å². The summed E-state index contributed by atoms with van der Waals surface area (Å²) >= 11 is 2.00. The first kappa shape index (κ1) is 8.51. The molecule has 0 heterocycles. The third kappa shape index (κ3) is 1.50. The minimum atomic E-state index is 0.329. The van der Waals surface area contributed by atoms with Crippen LogP contribution in [-0.2, 0) is 9.49 Å².